The Morgan fingerprint density at radius 2 is 1.48 bits per heavy atom. The highest BCUT2D eigenvalue weighted by molar-refractivity contribution is 5.35. The molecule has 0 aliphatic rings. The summed E-state index contributed by atoms with van der Waals surface area (Å²) in [6.45, 7) is 0. The quantitative estimate of drug-likeness (QED) is 0.784. The molecule has 0 amide bonds. The van der Waals surface area contributed by atoms with Gasteiger partial charge in [-0.25, -0.2) is 4.39 Å². The fraction of sp³-hybridized carbons (Fsp3) is 0.231. The molecule has 0 aromatic carbocycles. The Morgan fingerprint density at radius 3 is 1.96 bits per heavy atom. The summed E-state index contributed by atoms with van der Waals surface area (Å²) in [7, 11) is 0. The van der Waals surface area contributed by atoms with Gasteiger partial charge in [-0.2, -0.15) is 26.3 Å². The van der Waals surface area contributed by atoms with Crippen molar-refractivity contribution in [1.82, 2.24) is 9.55 Å². The van der Waals surface area contributed by atoms with E-state index >= 15 is 0 Å². The van der Waals surface area contributed by atoms with Crippen LogP contribution < -0.4 is 5.56 Å². The van der Waals surface area contributed by atoms with Crippen LogP contribution in [0.2, 0.25) is 0 Å². The van der Waals surface area contributed by atoms with Crippen LogP contribution >= 0.6 is 0 Å². The largest absolute Gasteiger partial charge is 0.437 e. The Labute approximate surface area is 124 Å². The van der Waals surface area contributed by atoms with Gasteiger partial charge in [0.1, 0.15) is 0 Å². The molecule has 0 aliphatic heterocycles. The molecule has 0 bridgehead atoms. The molecule has 0 saturated carbocycles. The topological polar surface area (TPSA) is 34.9 Å². The first-order valence-corrected chi connectivity index (χ1v) is 5.95. The highest BCUT2D eigenvalue weighted by Crippen LogP contribution is 2.53. The predicted octanol–water partition coefficient (Wildman–Crippen LogP) is 3.52. The smallest absolute Gasteiger partial charge is 0.276 e. The Morgan fingerprint density at radius 1 is 0.870 bits per heavy atom. The summed E-state index contributed by atoms with van der Waals surface area (Å²) in [5.41, 5.74) is -9.29. The van der Waals surface area contributed by atoms with Gasteiger partial charge in [-0.15, -0.1) is 0 Å². The van der Waals surface area contributed by atoms with Crippen LogP contribution in [0, 0.1) is 0 Å². The van der Waals surface area contributed by atoms with E-state index in [9.17, 15) is 35.5 Å². The molecule has 0 unspecified atom stereocenters. The van der Waals surface area contributed by atoms with Crippen LogP contribution in [-0.2, 0) is 5.67 Å². The Hall–Kier alpha value is -2.39. The minimum absolute atomic E-state index is 0.00597. The van der Waals surface area contributed by atoms with Crippen LogP contribution in [0.1, 0.15) is 5.69 Å². The zero-order chi connectivity index (χ0) is 17.5. The van der Waals surface area contributed by atoms with E-state index in [0.29, 0.717) is 12.1 Å². The highest BCUT2D eigenvalue weighted by atomic mass is 19.4. The van der Waals surface area contributed by atoms with Gasteiger partial charge in [0.05, 0.1) is 17.6 Å². The average Bonchev–Trinajstić information content (AvgIpc) is 2.44. The lowest BCUT2D eigenvalue weighted by Gasteiger charge is -2.31. The number of alkyl halides is 7. The summed E-state index contributed by atoms with van der Waals surface area (Å²) in [5, 5.41) is 0. The molecule has 0 radical (unpaired) electrons. The Kier molecular flexibility index (Phi) is 3.95. The normalized spacial score (nSPS) is 13.2. The third-order valence-corrected chi connectivity index (χ3v) is 2.99. The fourth-order valence-corrected chi connectivity index (χ4v) is 1.96. The van der Waals surface area contributed by atoms with Crippen LogP contribution in [0.25, 0.3) is 5.69 Å². The molecule has 0 saturated heterocycles. The monoisotopic (exact) mass is 340 g/mol. The molecule has 0 spiro atoms. The van der Waals surface area contributed by atoms with E-state index in [2.05, 4.69) is 4.98 Å². The second-order valence-corrected chi connectivity index (χ2v) is 4.45. The van der Waals surface area contributed by atoms with Gasteiger partial charge in [-0.1, -0.05) is 6.07 Å². The summed E-state index contributed by atoms with van der Waals surface area (Å²) in [6.07, 6.45) is -10.6. The van der Waals surface area contributed by atoms with E-state index in [1.54, 1.807) is 0 Å². The van der Waals surface area contributed by atoms with E-state index < -0.39 is 35.0 Å². The van der Waals surface area contributed by atoms with Crippen molar-refractivity contribution in [3.05, 3.63) is 58.8 Å². The van der Waals surface area contributed by atoms with Crippen LogP contribution in [0.4, 0.5) is 30.7 Å². The number of aromatic nitrogens is 2. The number of hydrogen-bond acceptors (Lipinski definition) is 2. The van der Waals surface area contributed by atoms with Crippen molar-refractivity contribution in [3.63, 3.8) is 0 Å². The van der Waals surface area contributed by atoms with Gasteiger partial charge >= 0.3 is 18.0 Å². The number of pyridine rings is 2. The molecule has 2 rings (SSSR count). The van der Waals surface area contributed by atoms with Crippen molar-refractivity contribution in [2.75, 3.05) is 0 Å². The van der Waals surface area contributed by atoms with Gasteiger partial charge in [0.2, 0.25) is 0 Å². The molecule has 124 valence electrons. The first-order valence-electron chi connectivity index (χ1n) is 5.95. The van der Waals surface area contributed by atoms with Crippen molar-refractivity contribution >= 4 is 0 Å². The van der Waals surface area contributed by atoms with Crippen molar-refractivity contribution in [2.45, 2.75) is 18.0 Å². The van der Waals surface area contributed by atoms with E-state index in [4.69, 9.17) is 0 Å². The summed E-state index contributed by atoms with van der Waals surface area (Å²) in [5.74, 6) is 0. The second kappa shape index (κ2) is 5.36. The SMILES string of the molecule is O=c1cccc(C(F)(C(F)(F)F)C(F)(F)F)n1-c1cccnc1. The average molecular weight is 340 g/mol. The van der Waals surface area contributed by atoms with Gasteiger partial charge < -0.3 is 0 Å². The Bertz CT molecular complexity index is 735. The number of rotatable bonds is 2. The maximum Gasteiger partial charge on any atom is 0.437 e. The molecular formula is C13H7F7N2O. The van der Waals surface area contributed by atoms with Crippen LogP contribution in [-0.4, -0.2) is 21.9 Å². The first-order chi connectivity index (χ1) is 10.5. The molecule has 2 aromatic heterocycles. The zero-order valence-corrected chi connectivity index (χ0v) is 11.0. The first kappa shape index (κ1) is 17.0. The van der Waals surface area contributed by atoms with Crippen molar-refractivity contribution in [1.29, 1.82) is 0 Å². The van der Waals surface area contributed by atoms with Crippen molar-refractivity contribution in [3.8, 4) is 5.69 Å². The van der Waals surface area contributed by atoms with Gasteiger partial charge in [0.25, 0.3) is 5.56 Å². The molecule has 2 heterocycles. The maximum absolute atomic E-state index is 14.2. The minimum Gasteiger partial charge on any atom is -0.276 e. The molecule has 0 N–H and O–H groups in total. The summed E-state index contributed by atoms with van der Waals surface area (Å²) >= 11 is 0. The molecular weight excluding hydrogens is 333 g/mol. The lowest BCUT2D eigenvalue weighted by Crippen LogP contribution is -2.52. The number of halogens is 7. The molecule has 10 heteroatoms. The fourth-order valence-electron chi connectivity index (χ4n) is 1.96. The zero-order valence-electron chi connectivity index (χ0n) is 11.0. The third kappa shape index (κ3) is 2.68. The third-order valence-electron chi connectivity index (χ3n) is 2.99. The van der Waals surface area contributed by atoms with E-state index in [0.717, 1.165) is 12.3 Å². The number of hydrogen-bond donors (Lipinski definition) is 0. The van der Waals surface area contributed by atoms with Crippen molar-refractivity contribution < 1.29 is 30.7 Å². The number of nitrogens with zero attached hydrogens (tertiary/aromatic N) is 2. The maximum atomic E-state index is 14.2. The molecule has 2 aromatic rings. The predicted molar refractivity (Wildman–Crippen MR) is 64.7 cm³/mol. The van der Waals surface area contributed by atoms with Gasteiger partial charge in [-0.3, -0.25) is 14.3 Å². The molecule has 23 heavy (non-hydrogen) atoms. The summed E-state index contributed by atoms with van der Waals surface area (Å²) in [4.78, 5) is 15.3. The lowest BCUT2D eigenvalue weighted by molar-refractivity contribution is -0.350. The molecule has 0 fully saturated rings. The van der Waals surface area contributed by atoms with Gasteiger partial charge in [0, 0.05) is 12.3 Å². The Balaban J connectivity index is 2.88. The van der Waals surface area contributed by atoms with Gasteiger partial charge in [0.15, 0.2) is 0 Å². The van der Waals surface area contributed by atoms with E-state index in [-0.39, 0.29) is 10.6 Å². The molecule has 0 aliphatic carbocycles. The molecule has 3 nitrogen and oxygen atoms in total. The standard InChI is InChI=1S/C13H7F7N2O/c14-11(12(15,16)17,13(18,19)20)9-4-1-5-10(23)22(9)8-3-2-6-21-7-8/h1-7H. The van der Waals surface area contributed by atoms with Gasteiger partial charge in [-0.05, 0) is 18.2 Å². The van der Waals surface area contributed by atoms with E-state index in [1.165, 1.54) is 12.3 Å². The highest BCUT2D eigenvalue weighted by Gasteiger charge is 2.74. The minimum atomic E-state index is -6.32. The summed E-state index contributed by atoms with van der Waals surface area (Å²) in [6, 6.07) is 3.81. The van der Waals surface area contributed by atoms with E-state index in [1.807, 2.05) is 0 Å². The van der Waals surface area contributed by atoms with Crippen molar-refractivity contribution in [2.24, 2.45) is 0 Å². The second-order valence-electron chi connectivity index (χ2n) is 4.45. The molecule has 0 atom stereocenters. The lowest BCUT2D eigenvalue weighted by atomic mass is 9.98. The van der Waals surface area contributed by atoms with Crippen LogP contribution in [0.5, 0.6) is 0 Å². The van der Waals surface area contributed by atoms with Crippen LogP contribution in [0.15, 0.2) is 47.5 Å². The van der Waals surface area contributed by atoms with Crippen LogP contribution in [0.3, 0.4) is 0 Å². The summed E-state index contributed by atoms with van der Waals surface area (Å²) < 4.78 is 91.6.